The second-order valence-corrected chi connectivity index (χ2v) is 7.04. The van der Waals surface area contributed by atoms with Crippen LogP contribution in [0.5, 0.6) is 0 Å². The van der Waals surface area contributed by atoms with Crippen LogP contribution in [0.1, 0.15) is 91.4 Å². The van der Waals surface area contributed by atoms with Gasteiger partial charge in [-0.2, -0.15) is 0 Å². The molecule has 0 fully saturated rings. The topological polar surface area (TPSA) is 17.1 Å². The van der Waals surface area contributed by atoms with Gasteiger partial charge in [0, 0.05) is 17.7 Å². The van der Waals surface area contributed by atoms with E-state index in [-0.39, 0.29) is 4.87 Å². The number of carbonyl (C=O) groups excluding carboxylic acids is 1. The molecule has 0 aliphatic carbocycles. The Bertz CT molecular complexity index is 206. The second kappa shape index (κ2) is 10.8. The molecule has 0 saturated carbocycles. The summed E-state index contributed by atoms with van der Waals surface area (Å²) in [4.78, 5) is 11.2. The average Bonchev–Trinajstić information content (AvgIpc) is 2.24. The lowest BCUT2D eigenvalue weighted by molar-refractivity contribution is -0.119. The minimum absolute atomic E-state index is 0.318. The van der Waals surface area contributed by atoms with Crippen LogP contribution < -0.4 is 0 Å². The molecule has 0 aromatic heterocycles. The molecule has 108 valence electrons. The Morgan fingerprint density at radius 3 is 1.78 bits per heavy atom. The van der Waals surface area contributed by atoms with E-state index in [1.54, 1.807) is 0 Å². The van der Waals surface area contributed by atoms with E-state index in [2.05, 4.69) is 6.92 Å². The van der Waals surface area contributed by atoms with E-state index < -0.39 is 0 Å². The zero-order valence-corrected chi connectivity index (χ0v) is 13.3. The van der Waals surface area contributed by atoms with Crippen molar-refractivity contribution >= 4 is 17.4 Å². The first kappa shape index (κ1) is 18.0. The van der Waals surface area contributed by atoms with Crippen LogP contribution in [0.2, 0.25) is 0 Å². The van der Waals surface area contributed by atoms with Gasteiger partial charge >= 0.3 is 0 Å². The SMILES string of the molecule is CCCCCCCCCCCC(=O)CC(C)(C)Cl. The van der Waals surface area contributed by atoms with Crippen molar-refractivity contribution < 1.29 is 4.79 Å². The Labute approximate surface area is 119 Å². The molecule has 0 rings (SSSR count). The number of hydrogen-bond acceptors (Lipinski definition) is 1. The highest BCUT2D eigenvalue weighted by molar-refractivity contribution is 6.24. The van der Waals surface area contributed by atoms with Crippen LogP contribution in [0, 0.1) is 0 Å². The molecule has 2 heteroatoms. The molecule has 0 aromatic carbocycles. The van der Waals surface area contributed by atoms with E-state index in [0.29, 0.717) is 18.6 Å². The molecular formula is C16H31ClO. The molecule has 0 saturated heterocycles. The Hall–Kier alpha value is -0.0400. The Kier molecular flexibility index (Phi) is 10.8. The van der Waals surface area contributed by atoms with Crippen LogP contribution in [0.15, 0.2) is 0 Å². The standard InChI is InChI=1S/C16H31ClO/c1-4-5-6-7-8-9-10-11-12-13-15(18)14-16(2,3)17/h4-14H2,1-3H3. The summed E-state index contributed by atoms with van der Waals surface area (Å²) in [6, 6.07) is 0. The van der Waals surface area contributed by atoms with Crippen LogP contribution in [-0.4, -0.2) is 10.7 Å². The van der Waals surface area contributed by atoms with Crippen molar-refractivity contribution in [2.45, 2.75) is 96.3 Å². The summed E-state index contributed by atoms with van der Waals surface area (Å²) in [7, 11) is 0. The molecule has 0 radical (unpaired) electrons. The maximum atomic E-state index is 11.6. The van der Waals surface area contributed by atoms with Gasteiger partial charge in [0.25, 0.3) is 0 Å². The number of unbranched alkanes of at least 4 members (excludes halogenated alkanes) is 8. The summed E-state index contributed by atoms with van der Waals surface area (Å²) in [5, 5.41) is 0. The molecule has 1 nitrogen and oxygen atoms in total. The molecule has 0 aliphatic heterocycles. The van der Waals surface area contributed by atoms with E-state index in [9.17, 15) is 4.79 Å². The first-order valence-electron chi connectivity index (χ1n) is 7.66. The zero-order chi connectivity index (χ0) is 13.9. The van der Waals surface area contributed by atoms with Gasteiger partial charge in [-0.1, -0.05) is 58.3 Å². The van der Waals surface area contributed by atoms with Crippen molar-refractivity contribution in [1.29, 1.82) is 0 Å². The summed E-state index contributed by atoms with van der Waals surface area (Å²) in [5.74, 6) is 0.318. The number of carbonyl (C=O) groups is 1. The van der Waals surface area contributed by atoms with Gasteiger partial charge in [-0.25, -0.2) is 0 Å². The third kappa shape index (κ3) is 14.0. The highest BCUT2D eigenvalue weighted by atomic mass is 35.5. The average molecular weight is 275 g/mol. The molecule has 0 heterocycles. The molecule has 0 N–H and O–H groups in total. The molecule has 18 heavy (non-hydrogen) atoms. The van der Waals surface area contributed by atoms with E-state index in [1.165, 1.54) is 51.4 Å². The third-order valence-corrected chi connectivity index (χ3v) is 3.31. The van der Waals surface area contributed by atoms with Crippen LogP contribution in [0.3, 0.4) is 0 Å². The summed E-state index contributed by atoms with van der Waals surface area (Å²) in [6.45, 7) is 6.06. The molecule has 0 spiro atoms. The number of Topliss-reactive ketones (excluding diaryl/α,β-unsaturated/α-hetero) is 1. The van der Waals surface area contributed by atoms with Gasteiger partial charge in [0.2, 0.25) is 0 Å². The maximum absolute atomic E-state index is 11.6. The van der Waals surface area contributed by atoms with Crippen molar-refractivity contribution in [3.05, 3.63) is 0 Å². The van der Waals surface area contributed by atoms with Gasteiger partial charge in [0.05, 0.1) is 0 Å². The molecular weight excluding hydrogens is 244 g/mol. The van der Waals surface area contributed by atoms with Gasteiger partial charge in [-0.3, -0.25) is 4.79 Å². The molecule has 0 aromatic rings. The monoisotopic (exact) mass is 274 g/mol. The van der Waals surface area contributed by atoms with Crippen molar-refractivity contribution in [1.82, 2.24) is 0 Å². The Balaban J connectivity index is 3.23. The van der Waals surface area contributed by atoms with Crippen molar-refractivity contribution in [2.24, 2.45) is 0 Å². The van der Waals surface area contributed by atoms with Crippen LogP contribution in [0.4, 0.5) is 0 Å². The van der Waals surface area contributed by atoms with Gasteiger partial charge in [-0.05, 0) is 20.3 Å². The first-order valence-corrected chi connectivity index (χ1v) is 8.04. The van der Waals surface area contributed by atoms with Crippen LogP contribution in [-0.2, 0) is 4.79 Å². The summed E-state index contributed by atoms with van der Waals surface area (Å²) >= 11 is 6.03. The predicted molar refractivity (Wildman–Crippen MR) is 81.4 cm³/mol. The quantitative estimate of drug-likeness (QED) is 0.321. The maximum Gasteiger partial charge on any atom is 0.134 e. The van der Waals surface area contributed by atoms with Gasteiger partial charge in [0.15, 0.2) is 0 Å². The van der Waals surface area contributed by atoms with E-state index in [0.717, 1.165) is 6.42 Å². The number of hydrogen-bond donors (Lipinski definition) is 0. The lowest BCUT2D eigenvalue weighted by Crippen LogP contribution is -2.16. The smallest absolute Gasteiger partial charge is 0.134 e. The summed E-state index contributed by atoms with van der Waals surface area (Å²) < 4.78 is 0. The largest absolute Gasteiger partial charge is 0.300 e. The fraction of sp³-hybridized carbons (Fsp3) is 0.938. The number of ketones is 1. The van der Waals surface area contributed by atoms with Crippen molar-refractivity contribution in [2.75, 3.05) is 0 Å². The van der Waals surface area contributed by atoms with E-state index in [1.807, 2.05) is 13.8 Å². The highest BCUT2D eigenvalue weighted by Crippen LogP contribution is 2.19. The van der Waals surface area contributed by atoms with Crippen LogP contribution in [0.25, 0.3) is 0 Å². The van der Waals surface area contributed by atoms with Crippen molar-refractivity contribution in [3.63, 3.8) is 0 Å². The molecule has 0 aliphatic rings. The van der Waals surface area contributed by atoms with Gasteiger partial charge < -0.3 is 0 Å². The Morgan fingerprint density at radius 2 is 1.33 bits per heavy atom. The van der Waals surface area contributed by atoms with Crippen molar-refractivity contribution in [3.8, 4) is 0 Å². The number of halogens is 1. The summed E-state index contributed by atoms with van der Waals surface area (Å²) in [5.41, 5.74) is 0. The fourth-order valence-corrected chi connectivity index (χ4v) is 2.34. The number of rotatable bonds is 12. The predicted octanol–water partition coefficient (Wildman–Crippen LogP) is 5.88. The first-order chi connectivity index (χ1) is 8.45. The normalized spacial score (nSPS) is 11.8. The van der Waals surface area contributed by atoms with Gasteiger partial charge in [-0.15, -0.1) is 11.6 Å². The zero-order valence-electron chi connectivity index (χ0n) is 12.6. The minimum atomic E-state index is -0.365. The molecule has 0 atom stereocenters. The second-order valence-electron chi connectivity index (χ2n) is 6.01. The van der Waals surface area contributed by atoms with E-state index >= 15 is 0 Å². The third-order valence-electron chi connectivity index (χ3n) is 3.18. The van der Waals surface area contributed by atoms with Gasteiger partial charge in [0.1, 0.15) is 5.78 Å². The lowest BCUT2D eigenvalue weighted by atomic mass is 10.0. The minimum Gasteiger partial charge on any atom is -0.300 e. The highest BCUT2D eigenvalue weighted by Gasteiger charge is 2.17. The Morgan fingerprint density at radius 1 is 0.889 bits per heavy atom. The van der Waals surface area contributed by atoms with E-state index in [4.69, 9.17) is 11.6 Å². The lowest BCUT2D eigenvalue weighted by Gasteiger charge is -2.13. The molecule has 0 amide bonds. The molecule has 0 bridgehead atoms. The van der Waals surface area contributed by atoms with Crippen LogP contribution >= 0.6 is 11.6 Å². The number of alkyl halides is 1. The molecule has 0 unspecified atom stereocenters. The summed E-state index contributed by atoms with van der Waals surface area (Å²) in [6.07, 6.45) is 12.9. The fourth-order valence-electron chi connectivity index (χ4n) is 2.19.